The molecule has 0 aromatic heterocycles. The normalized spacial score (nSPS) is 22.3. The topological polar surface area (TPSA) is 29.3 Å². The first-order chi connectivity index (χ1) is 8.79. The van der Waals surface area contributed by atoms with E-state index in [0.717, 1.165) is 30.9 Å². The molecule has 3 rings (SSSR count). The highest BCUT2D eigenvalue weighted by molar-refractivity contribution is 9.10. The highest BCUT2D eigenvalue weighted by Crippen LogP contribution is 2.45. The van der Waals surface area contributed by atoms with E-state index in [9.17, 15) is 13.2 Å². The van der Waals surface area contributed by atoms with Crippen molar-refractivity contribution in [2.24, 2.45) is 11.7 Å². The second-order valence-electron chi connectivity index (χ2n) is 5.53. The standard InChI is InChI=1S/C13H14BrF3N2/c14-10-5-9(13(15,16)17)3-4-11(10)19-6-12(18,7-19)8-1-2-8/h3-5,8H,1-2,6-7,18H2. The molecule has 1 aromatic rings. The molecule has 1 aliphatic carbocycles. The van der Waals surface area contributed by atoms with Crippen molar-refractivity contribution in [2.45, 2.75) is 24.6 Å². The van der Waals surface area contributed by atoms with Crippen LogP contribution in [0.4, 0.5) is 18.9 Å². The molecule has 0 atom stereocenters. The zero-order chi connectivity index (χ0) is 13.8. The summed E-state index contributed by atoms with van der Waals surface area (Å²) in [4.78, 5) is 2.03. The number of rotatable bonds is 2. The summed E-state index contributed by atoms with van der Waals surface area (Å²) in [7, 11) is 0. The summed E-state index contributed by atoms with van der Waals surface area (Å²) in [5, 5.41) is 0. The van der Waals surface area contributed by atoms with Crippen LogP contribution >= 0.6 is 15.9 Å². The molecular weight excluding hydrogens is 321 g/mol. The lowest BCUT2D eigenvalue weighted by Crippen LogP contribution is -2.69. The largest absolute Gasteiger partial charge is 0.416 e. The zero-order valence-electron chi connectivity index (χ0n) is 10.2. The molecule has 0 bridgehead atoms. The number of halogens is 4. The van der Waals surface area contributed by atoms with Crippen LogP contribution in [-0.2, 0) is 6.18 Å². The van der Waals surface area contributed by atoms with E-state index in [1.165, 1.54) is 18.9 Å². The number of nitrogens with zero attached hydrogens (tertiary/aromatic N) is 1. The molecule has 0 spiro atoms. The fourth-order valence-electron chi connectivity index (χ4n) is 2.69. The Balaban J connectivity index is 1.76. The number of alkyl halides is 3. The molecule has 0 amide bonds. The summed E-state index contributed by atoms with van der Waals surface area (Å²) in [5.74, 6) is 0.594. The van der Waals surface area contributed by atoms with Gasteiger partial charge in [-0.05, 0) is 52.9 Å². The van der Waals surface area contributed by atoms with E-state index >= 15 is 0 Å². The Hall–Kier alpha value is -0.750. The molecule has 0 radical (unpaired) electrons. The maximum atomic E-state index is 12.6. The summed E-state index contributed by atoms with van der Waals surface area (Å²) in [6.07, 6.45) is -1.95. The smallest absolute Gasteiger partial charge is 0.367 e. The first-order valence-electron chi connectivity index (χ1n) is 6.20. The second-order valence-corrected chi connectivity index (χ2v) is 6.38. The van der Waals surface area contributed by atoms with Crippen LogP contribution < -0.4 is 10.6 Å². The Kier molecular flexibility index (Phi) is 2.87. The van der Waals surface area contributed by atoms with Crippen molar-refractivity contribution >= 4 is 21.6 Å². The third-order valence-corrected chi connectivity index (χ3v) is 4.61. The maximum Gasteiger partial charge on any atom is 0.416 e. The molecular formula is C13H14BrF3N2. The van der Waals surface area contributed by atoms with E-state index in [1.807, 2.05) is 4.90 Å². The van der Waals surface area contributed by atoms with Gasteiger partial charge in [0.25, 0.3) is 0 Å². The van der Waals surface area contributed by atoms with Crippen LogP contribution in [-0.4, -0.2) is 18.6 Å². The molecule has 104 valence electrons. The Morgan fingerprint density at radius 1 is 1.26 bits per heavy atom. The lowest BCUT2D eigenvalue weighted by molar-refractivity contribution is -0.137. The Morgan fingerprint density at radius 2 is 1.89 bits per heavy atom. The first-order valence-corrected chi connectivity index (χ1v) is 6.99. The zero-order valence-corrected chi connectivity index (χ0v) is 11.8. The molecule has 1 saturated carbocycles. The van der Waals surface area contributed by atoms with Crippen molar-refractivity contribution in [3.05, 3.63) is 28.2 Å². The molecule has 1 aliphatic heterocycles. The summed E-state index contributed by atoms with van der Waals surface area (Å²) in [6.45, 7) is 1.45. The highest BCUT2D eigenvalue weighted by Gasteiger charge is 2.50. The van der Waals surface area contributed by atoms with Gasteiger partial charge in [0, 0.05) is 17.6 Å². The van der Waals surface area contributed by atoms with Crippen molar-refractivity contribution < 1.29 is 13.2 Å². The van der Waals surface area contributed by atoms with Gasteiger partial charge < -0.3 is 10.6 Å². The van der Waals surface area contributed by atoms with E-state index in [0.29, 0.717) is 10.4 Å². The third kappa shape index (κ3) is 2.36. The Labute approximate surface area is 117 Å². The Bertz CT molecular complexity index is 505. The lowest BCUT2D eigenvalue weighted by Gasteiger charge is -2.50. The summed E-state index contributed by atoms with van der Waals surface area (Å²) in [5.41, 5.74) is 6.26. The van der Waals surface area contributed by atoms with Crippen molar-refractivity contribution in [1.82, 2.24) is 0 Å². The summed E-state index contributed by atoms with van der Waals surface area (Å²) in [6, 6.07) is 3.76. The lowest BCUT2D eigenvalue weighted by atomic mass is 9.85. The molecule has 0 unspecified atom stereocenters. The maximum absolute atomic E-state index is 12.6. The predicted octanol–water partition coefficient (Wildman–Crippen LogP) is 3.40. The van der Waals surface area contributed by atoms with Gasteiger partial charge in [-0.1, -0.05) is 0 Å². The van der Waals surface area contributed by atoms with E-state index in [2.05, 4.69) is 15.9 Å². The fourth-order valence-corrected chi connectivity index (χ4v) is 3.32. The predicted molar refractivity (Wildman–Crippen MR) is 71.0 cm³/mol. The van der Waals surface area contributed by atoms with Gasteiger partial charge in [-0.2, -0.15) is 13.2 Å². The van der Waals surface area contributed by atoms with E-state index in [4.69, 9.17) is 5.73 Å². The second kappa shape index (κ2) is 4.12. The molecule has 19 heavy (non-hydrogen) atoms. The van der Waals surface area contributed by atoms with E-state index in [1.54, 1.807) is 0 Å². The van der Waals surface area contributed by atoms with Gasteiger partial charge in [0.05, 0.1) is 16.8 Å². The fraction of sp³-hybridized carbons (Fsp3) is 0.538. The molecule has 2 fully saturated rings. The number of hydrogen-bond donors (Lipinski definition) is 1. The summed E-state index contributed by atoms with van der Waals surface area (Å²) >= 11 is 3.22. The van der Waals surface area contributed by atoms with Gasteiger partial charge >= 0.3 is 6.18 Å². The first kappa shape index (κ1) is 13.2. The molecule has 2 nitrogen and oxygen atoms in total. The molecule has 2 N–H and O–H groups in total. The van der Waals surface area contributed by atoms with Crippen LogP contribution in [0.2, 0.25) is 0 Å². The van der Waals surface area contributed by atoms with Gasteiger partial charge in [0.15, 0.2) is 0 Å². The summed E-state index contributed by atoms with van der Waals surface area (Å²) < 4.78 is 38.2. The van der Waals surface area contributed by atoms with Crippen LogP contribution in [0, 0.1) is 5.92 Å². The number of anilines is 1. The van der Waals surface area contributed by atoms with Crippen LogP contribution in [0.3, 0.4) is 0 Å². The van der Waals surface area contributed by atoms with Gasteiger partial charge in [0.1, 0.15) is 0 Å². The minimum atomic E-state index is -4.30. The molecule has 2 aliphatic rings. The molecule has 1 aromatic carbocycles. The number of hydrogen-bond acceptors (Lipinski definition) is 2. The van der Waals surface area contributed by atoms with Crippen LogP contribution in [0.5, 0.6) is 0 Å². The van der Waals surface area contributed by atoms with Crippen molar-refractivity contribution in [3.8, 4) is 0 Å². The van der Waals surface area contributed by atoms with Crippen molar-refractivity contribution in [1.29, 1.82) is 0 Å². The number of nitrogens with two attached hydrogens (primary N) is 1. The SMILES string of the molecule is NC1(C2CC2)CN(c2ccc(C(F)(F)F)cc2Br)C1. The minimum absolute atomic E-state index is 0.137. The van der Waals surface area contributed by atoms with E-state index in [-0.39, 0.29) is 5.54 Å². The van der Waals surface area contributed by atoms with Gasteiger partial charge in [-0.15, -0.1) is 0 Å². The van der Waals surface area contributed by atoms with Crippen LogP contribution in [0.1, 0.15) is 18.4 Å². The Morgan fingerprint density at radius 3 is 2.37 bits per heavy atom. The molecule has 1 saturated heterocycles. The molecule has 1 heterocycles. The van der Waals surface area contributed by atoms with Crippen LogP contribution in [0.15, 0.2) is 22.7 Å². The van der Waals surface area contributed by atoms with Crippen molar-refractivity contribution in [2.75, 3.05) is 18.0 Å². The van der Waals surface area contributed by atoms with Crippen molar-refractivity contribution in [3.63, 3.8) is 0 Å². The highest BCUT2D eigenvalue weighted by atomic mass is 79.9. The van der Waals surface area contributed by atoms with Gasteiger partial charge in [-0.3, -0.25) is 0 Å². The van der Waals surface area contributed by atoms with E-state index < -0.39 is 11.7 Å². The average Bonchev–Trinajstić information content (AvgIpc) is 3.07. The third-order valence-electron chi connectivity index (χ3n) is 3.98. The van der Waals surface area contributed by atoms with Gasteiger partial charge in [-0.25, -0.2) is 0 Å². The average molecular weight is 335 g/mol. The molecule has 6 heteroatoms. The number of benzene rings is 1. The quantitative estimate of drug-likeness (QED) is 0.898. The van der Waals surface area contributed by atoms with Gasteiger partial charge in [0.2, 0.25) is 0 Å². The monoisotopic (exact) mass is 334 g/mol. The van der Waals surface area contributed by atoms with Crippen LogP contribution in [0.25, 0.3) is 0 Å². The minimum Gasteiger partial charge on any atom is -0.367 e.